The third-order valence-electron chi connectivity index (χ3n) is 2.83. The number of halogens is 1. The Morgan fingerprint density at radius 3 is 2.50 bits per heavy atom. The first-order valence-electron chi connectivity index (χ1n) is 5.99. The van der Waals surface area contributed by atoms with Crippen molar-refractivity contribution in [2.45, 2.75) is 6.04 Å². The molecule has 0 heterocycles. The van der Waals surface area contributed by atoms with Crippen molar-refractivity contribution in [3.8, 4) is 5.75 Å². The Bertz CT molecular complexity index is 598. The molecule has 0 bridgehead atoms. The lowest BCUT2D eigenvalue weighted by molar-refractivity contribution is -0.138. The summed E-state index contributed by atoms with van der Waals surface area (Å²) in [7, 11) is 1.54. The summed E-state index contributed by atoms with van der Waals surface area (Å²) in [5.41, 5.74) is 0.968. The van der Waals surface area contributed by atoms with Crippen molar-refractivity contribution < 1.29 is 19.0 Å². The molecule has 0 aromatic heterocycles. The Morgan fingerprint density at radius 2 is 1.95 bits per heavy atom. The van der Waals surface area contributed by atoms with Crippen molar-refractivity contribution in [2.24, 2.45) is 0 Å². The van der Waals surface area contributed by atoms with Crippen LogP contribution in [-0.2, 0) is 4.79 Å². The number of methoxy groups -OCH3 is 1. The van der Waals surface area contributed by atoms with Gasteiger partial charge >= 0.3 is 5.97 Å². The van der Waals surface area contributed by atoms with Crippen LogP contribution in [0.4, 0.5) is 10.1 Å². The van der Waals surface area contributed by atoms with Gasteiger partial charge in [0.15, 0.2) is 6.04 Å². The van der Waals surface area contributed by atoms with Crippen molar-refractivity contribution in [1.82, 2.24) is 0 Å². The number of carbonyl (C=O) groups is 1. The van der Waals surface area contributed by atoms with E-state index in [1.54, 1.807) is 30.3 Å². The summed E-state index contributed by atoms with van der Waals surface area (Å²) in [6.07, 6.45) is 0. The minimum absolute atomic E-state index is 0.410. The quantitative estimate of drug-likeness (QED) is 0.880. The van der Waals surface area contributed by atoms with E-state index in [9.17, 15) is 14.3 Å². The summed E-state index contributed by atoms with van der Waals surface area (Å²) >= 11 is 0. The van der Waals surface area contributed by atoms with Crippen molar-refractivity contribution in [2.75, 3.05) is 12.4 Å². The lowest BCUT2D eigenvalue weighted by Gasteiger charge is -2.16. The molecule has 0 aliphatic heterocycles. The number of ether oxygens (including phenoxy) is 1. The fourth-order valence-electron chi connectivity index (χ4n) is 1.83. The number of aliphatic carboxylic acids is 1. The number of benzene rings is 2. The number of carboxylic acids is 1. The van der Waals surface area contributed by atoms with Crippen LogP contribution in [0.25, 0.3) is 0 Å². The van der Waals surface area contributed by atoms with Gasteiger partial charge in [-0.15, -0.1) is 0 Å². The van der Waals surface area contributed by atoms with Crippen LogP contribution in [0, 0.1) is 5.82 Å². The molecule has 104 valence electrons. The molecule has 5 heteroatoms. The van der Waals surface area contributed by atoms with Gasteiger partial charge in [0.1, 0.15) is 11.6 Å². The van der Waals surface area contributed by atoms with E-state index in [2.05, 4.69) is 5.32 Å². The van der Waals surface area contributed by atoms with Crippen LogP contribution in [0.15, 0.2) is 48.5 Å². The van der Waals surface area contributed by atoms with Gasteiger partial charge < -0.3 is 15.2 Å². The van der Waals surface area contributed by atoms with Gasteiger partial charge in [-0.05, 0) is 35.9 Å². The maximum Gasteiger partial charge on any atom is 0.330 e. The van der Waals surface area contributed by atoms with Gasteiger partial charge in [-0.2, -0.15) is 0 Å². The maximum atomic E-state index is 13.1. The van der Waals surface area contributed by atoms with Gasteiger partial charge in [-0.3, -0.25) is 0 Å². The summed E-state index contributed by atoms with van der Waals surface area (Å²) in [6, 6.07) is 11.4. The standard InChI is InChI=1S/C15H14FNO3/c1-20-13-7-5-10(6-8-13)14(15(18)19)17-12-4-2-3-11(16)9-12/h2-9,14,17H,1H3,(H,18,19). The van der Waals surface area contributed by atoms with E-state index in [4.69, 9.17) is 4.74 Å². The molecule has 1 unspecified atom stereocenters. The average Bonchev–Trinajstić information content (AvgIpc) is 2.45. The molecular weight excluding hydrogens is 261 g/mol. The van der Waals surface area contributed by atoms with E-state index in [1.165, 1.54) is 25.3 Å². The maximum absolute atomic E-state index is 13.1. The predicted molar refractivity (Wildman–Crippen MR) is 73.4 cm³/mol. The first-order valence-corrected chi connectivity index (χ1v) is 5.99. The SMILES string of the molecule is COc1ccc(C(Nc2cccc(F)c2)C(=O)O)cc1. The van der Waals surface area contributed by atoms with Crippen molar-refractivity contribution in [1.29, 1.82) is 0 Å². The van der Waals surface area contributed by atoms with Gasteiger partial charge in [0.05, 0.1) is 7.11 Å². The smallest absolute Gasteiger partial charge is 0.330 e. The summed E-state index contributed by atoms with van der Waals surface area (Å²) < 4.78 is 18.1. The van der Waals surface area contributed by atoms with Crippen LogP contribution < -0.4 is 10.1 Å². The molecule has 4 nitrogen and oxygen atoms in total. The zero-order valence-corrected chi connectivity index (χ0v) is 10.8. The largest absolute Gasteiger partial charge is 0.497 e. The molecule has 0 aliphatic rings. The van der Waals surface area contributed by atoms with Gasteiger partial charge in [0.2, 0.25) is 0 Å². The normalized spacial score (nSPS) is 11.7. The summed E-state index contributed by atoms with van der Waals surface area (Å²) in [6.45, 7) is 0. The van der Waals surface area contributed by atoms with Crippen LogP contribution in [0.3, 0.4) is 0 Å². The van der Waals surface area contributed by atoms with E-state index in [0.29, 0.717) is 17.0 Å². The fraction of sp³-hybridized carbons (Fsp3) is 0.133. The van der Waals surface area contributed by atoms with Crippen molar-refractivity contribution in [3.05, 3.63) is 59.9 Å². The molecule has 0 radical (unpaired) electrons. The van der Waals surface area contributed by atoms with Crippen molar-refractivity contribution >= 4 is 11.7 Å². The lowest BCUT2D eigenvalue weighted by Crippen LogP contribution is -2.20. The van der Waals surface area contributed by atoms with Gasteiger partial charge in [-0.25, -0.2) is 9.18 Å². The van der Waals surface area contributed by atoms with Crippen LogP contribution in [-0.4, -0.2) is 18.2 Å². The molecule has 2 aromatic rings. The second kappa shape index (κ2) is 6.06. The molecule has 0 spiro atoms. The van der Waals surface area contributed by atoms with E-state index >= 15 is 0 Å². The molecule has 2 aromatic carbocycles. The third-order valence-corrected chi connectivity index (χ3v) is 2.83. The first-order chi connectivity index (χ1) is 9.60. The molecule has 0 aliphatic carbocycles. The first kappa shape index (κ1) is 13.9. The molecule has 2 N–H and O–H groups in total. The van der Waals surface area contributed by atoms with Crippen molar-refractivity contribution in [3.63, 3.8) is 0 Å². The number of anilines is 1. The van der Waals surface area contributed by atoms with Crippen LogP contribution in [0.5, 0.6) is 5.75 Å². The number of carboxylic acid groups (broad SMARTS) is 1. The van der Waals surface area contributed by atoms with Gasteiger partial charge in [-0.1, -0.05) is 18.2 Å². The monoisotopic (exact) mass is 275 g/mol. The second-order valence-corrected chi connectivity index (χ2v) is 4.20. The molecule has 0 amide bonds. The molecule has 0 saturated carbocycles. The average molecular weight is 275 g/mol. The van der Waals surface area contributed by atoms with Crippen LogP contribution >= 0.6 is 0 Å². The highest BCUT2D eigenvalue weighted by atomic mass is 19.1. The minimum Gasteiger partial charge on any atom is -0.497 e. The number of nitrogens with one attached hydrogen (secondary N) is 1. The topological polar surface area (TPSA) is 58.6 Å². The Labute approximate surface area is 115 Å². The minimum atomic E-state index is -1.04. The highest BCUT2D eigenvalue weighted by Gasteiger charge is 2.19. The molecule has 20 heavy (non-hydrogen) atoms. The van der Waals surface area contributed by atoms with Crippen LogP contribution in [0.1, 0.15) is 11.6 Å². The second-order valence-electron chi connectivity index (χ2n) is 4.20. The van der Waals surface area contributed by atoms with E-state index in [0.717, 1.165) is 0 Å². The predicted octanol–water partition coefficient (Wildman–Crippen LogP) is 3.07. The van der Waals surface area contributed by atoms with E-state index in [-0.39, 0.29) is 0 Å². The number of rotatable bonds is 5. The van der Waals surface area contributed by atoms with E-state index in [1.807, 2.05) is 0 Å². The van der Waals surface area contributed by atoms with E-state index < -0.39 is 17.8 Å². The summed E-state index contributed by atoms with van der Waals surface area (Å²) in [5.74, 6) is -0.822. The highest BCUT2D eigenvalue weighted by molar-refractivity contribution is 5.79. The molecule has 1 atom stereocenters. The molecule has 2 rings (SSSR count). The Morgan fingerprint density at radius 1 is 1.25 bits per heavy atom. The van der Waals surface area contributed by atoms with Gasteiger partial charge in [0.25, 0.3) is 0 Å². The highest BCUT2D eigenvalue weighted by Crippen LogP contribution is 2.22. The fourth-order valence-corrected chi connectivity index (χ4v) is 1.83. The van der Waals surface area contributed by atoms with Gasteiger partial charge in [0, 0.05) is 5.69 Å². The Kier molecular flexibility index (Phi) is 4.20. The summed E-state index contributed by atoms with van der Waals surface area (Å²) in [4.78, 5) is 11.4. The number of hydrogen-bond donors (Lipinski definition) is 2. The third kappa shape index (κ3) is 3.26. The Hall–Kier alpha value is -2.56. The zero-order valence-electron chi connectivity index (χ0n) is 10.8. The van der Waals surface area contributed by atoms with Crippen LogP contribution in [0.2, 0.25) is 0 Å². The molecular formula is C15H14FNO3. The number of hydrogen-bond acceptors (Lipinski definition) is 3. The Balaban J connectivity index is 2.24. The lowest BCUT2D eigenvalue weighted by atomic mass is 10.1. The summed E-state index contributed by atoms with van der Waals surface area (Å²) in [5, 5.41) is 12.1. The molecule has 0 saturated heterocycles. The molecule has 0 fully saturated rings. The zero-order chi connectivity index (χ0) is 14.5.